The number of nitrogens with zero attached hydrogens (tertiary/aromatic N) is 1. The van der Waals surface area contributed by atoms with Crippen molar-refractivity contribution in [2.75, 3.05) is 6.26 Å². The summed E-state index contributed by atoms with van der Waals surface area (Å²) < 4.78 is 9.43. The van der Waals surface area contributed by atoms with Crippen LogP contribution in [0.5, 0.6) is 0 Å². The predicted octanol–water partition coefficient (Wildman–Crippen LogP) is 2.91. The van der Waals surface area contributed by atoms with Gasteiger partial charge in [0.25, 0.3) is 0 Å². The van der Waals surface area contributed by atoms with E-state index in [1.165, 1.54) is 5.04 Å². The number of hydrogen-bond acceptors (Lipinski definition) is 5. The first-order valence-electron chi connectivity index (χ1n) is 6.39. The van der Waals surface area contributed by atoms with Gasteiger partial charge < -0.3 is 9.84 Å². The highest BCUT2D eigenvalue weighted by atomic mass is 79.9. The Bertz CT molecular complexity index is 269. The third-order valence-corrected chi connectivity index (χ3v) is 4.61. The number of nitrogens with one attached hydrogen (secondary N) is 1. The van der Waals surface area contributed by atoms with Crippen LogP contribution in [0, 0.1) is 5.92 Å². The molecule has 4 nitrogen and oxygen atoms in total. The summed E-state index contributed by atoms with van der Waals surface area (Å²) >= 11 is 4.89. The standard InChI is InChI=1S/C12H23BrN2O2S/c1-8(2)17-12(16)14-10-6-4-9(5-7-10)11(15-13)18-3/h8-10,12,14,16H,4-7H2,1-3H3. The lowest BCUT2D eigenvalue weighted by molar-refractivity contribution is -0.150. The van der Waals surface area contributed by atoms with Crippen LogP contribution in [-0.4, -0.2) is 35.0 Å². The van der Waals surface area contributed by atoms with Crippen LogP contribution in [0.3, 0.4) is 0 Å². The molecule has 1 saturated carbocycles. The Kier molecular flexibility index (Phi) is 7.79. The van der Waals surface area contributed by atoms with Crippen molar-refractivity contribution in [1.82, 2.24) is 5.32 Å². The lowest BCUT2D eigenvalue weighted by Crippen LogP contribution is -2.43. The van der Waals surface area contributed by atoms with E-state index in [9.17, 15) is 5.11 Å². The van der Waals surface area contributed by atoms with E-state index in [-0.39, 0.29) is 6.10 Å². The van der Waals surface area contributed by atoms with Gasteiger partial charge in [0, 0.05) is 12.0 Å². The van der Waals surface area contributed by atoms with Gasteiger partial charge in [-0.05, 0) is 45.8 Å². The highest BCUT2D eigenvalue weighted by molar-refractivity contribution is 9.08. The molecule has 0 spiro atoms. The number of aliphatic hydroxyl groups is 1. The van der Waals surface area contributed by atoms with Crippen LogP contribution >= 0.6 is 27.9 Å². The molecule has 0 aromatic heterocycles. The van der Waals surface area contributed by atoms with Gasteiger partial charge in [-0.15, -0.1) is 11.8 Å². The van der Waals surface area contributed by atoms with E-state index in [0.717, 1.165) is 25.7 Å². The van der Waals surface area contributed by atoms with Crippen molar-refractivity contribution in [3.63, 3.8) is 0 Å². The number of aliphatic hydroxyl groups excluding tert-OH is 1. The van der Waals surface area contributed by atoms with Gasteiger partial charge in [-0.2, -0.15) is 0 Å². The molecule has 1 fully saturated rings. The van der Waals surface area contributed by atoms with Gasteiger partial charge in [0.15, 0.2) is 0 Å². The molecule has 1 unspecified atom stereocenters. The van der Waals surface area contributed by atoms with E-state index < -0.39 is 6.41 Å². The SMILES string of the molecule is CSC(=NBr)C1CCC(NC(O)OC(C)C)CC1. The Hall–Kier alpha value is 0.380. The molecule has 0 radical (unpaired) electrons. The van der Waals surface area contributed by atoms with Crippen molar-refractivity contribution in [1.29, 1.82) is 0 Å². The summed E-state index contributed by atoms with van der Waals surface area (Å²) in [5.74, 6) is 0.556. The van der Waals surface area contributed by atoms with Gasteiger partial charge >= 0.3 is 0 Å². The van der Waals surface area contributed by atoms with Gasteiger partial charge in [-0.3, -0.25) is 5.32 Å². The maximum absolute atomic E-state index is 9.67. The number of hydrogen-bond donors (Lipinski definition) is 2. The number of ether oxygens (including phenoxy) is 1. The molecule has 0 bridgehead atoms. The molecule has 18 heavy (non-hydrogen) atoms. The molecule has 1 rings (SSSR count). The second kappa shape index (κ2) is 8.53. The maximum atomic E-state index is 9.67. The second-order valence-corrected chi connectivity index (χ2v) is 6.06. The highest BCUT2D eigenvalue weighted by Gasteiger charge is 2.25. The van der Waals surface area contributed by atoms with E-state index in [1.807, 2.05) is 13.8 Å². The molecule has 2 N–H and O–H groups in total. The Morgan fingerprint density at radius 3 is 2.44 bits per heavy atom. The van der Waals surface area contributed by atoms with Gasteiger partial charge in [0.05, 0.1) is 27.3 Å². The molecule has 0 heterocycles. The minimum Gasteiger partial charge on any atom is -0.356 e. The van der Waals surface area contributed by atoms with Crippen LogP contribution in [-0.2, 0) is 4.74 Å². The first-order chi connectivity index (χ1) is 8.56. The van der Waals surface area contributed by atoms with E-state index in [4.69, 9.17) is 4.74 Å². The predicted molar refractivity (Wildman–Crippen MR) is 81.0 cm³/mol. The van der Waals surface area contributed by atoms with Crippen molar-refractivity contribution in [2.45, 2.75) is 58.1 Å². The summed E-state index contributed by atoms with van der Waals surface area (Å²) in [6, 6.07) is 0.341. The molecule has 0 saturated heterocycles. The molecule has 0 aromatic rings. The Labute approximate surface area is 122 Å². The van der Waals surface area contributed by atoms with Crippen molar-refractivity contribution in [3.05, 3.63) is 0 Å². The van der Waals surface area contributed by atoms with E-state index in [2.05, 4.69) is 31.7 Å². The molecule has 1 aliphatic rings. The molecule has 106 valence electrons. The molecule has 1 aliphatic carbocycles. The van der Waals surface area contributed by atoms with Gasteiger partial charge in [0.2, 0.25) is 6.41 Å². The quantitative estimate of drug-likeness (QED) is 0.459. The molecule has 6 heteroatoms. The molecule has 1 atom stereocenters. The van der Waals surface area contributed by atoms with Crippen molar-refractivity contribution in [2.24, 2.45) is 9.94 Å². The zero-order valence-corrected chi connectivity index (χ0v) is 13.6. The van der Waals surface area contributed by atoms with Crippen LogP contribution in [0.15, 0.2) is 4.02 Å². The van der Waals surface area contributed by atoms with Crippen LogP contribution in [0.25, 0.3) is 0 Å². The third-order valence-electron chi connectivity index (χ3n) is 3.15. The van der Waals surface area contributed by atoms with Crippen molar-refractivity contribution in [3.8, 4) is 0 Å². The fourth-order valence-electron chi connectivity index (χ4n) is 2.28. The maximum Gasteiger partial charge on any atom is 0.213 e. The van der Waals surface area contributed by atoms with Crippen LogP contribution in [0.1, 0.15) is 39.5 Å². The fraction of sp³-hybridized carbons (Fsp3) is 0.917. The minimum atomic E-state index is -0.851. The summed E-state index contributed by atoms with van der Waals surface area (Å²) in [6.07, 6.45) is 5.56. The molecule has 0 amide bonds. The Balaban J connectivity index is 2.31. The third kappa shape index (κ3) is 5.57. The topological polar surface area (TPSA) is 53.9 Å². The highest BCUT2D eigenvalue weighted by Crippen LogP contribution is 2.29. The fourth-order valence-corrected chi connectivity index (χ4v) is 3.64. The van der Waals surface area contributed by atoms with Gasteiger partial charge in [-0.25, -0.2) is 4.02 Å². The monoisotopic (exact) mass is 338 g/mol. The summed E-state index contributed by atoms with van der Waals surface area (Å²) in [5, 5.41) is 14.0. The Morgan fingerprint density at radius 2 is 2.00 bits per heavy atom. The smallest absolute Gasteiger partial charge is 0.213 e. The first-order valence-corrected chi connectivity index (χ1v) is 8.32. The summed E-state index contributed by atoms with van der Waals surface area (Å²) in [6.45, 7) is 3.83. The van der Waals surface area contributed by atoms with Crippen molar-refractivity contribution < 1.29 is 9.84 Å². The summed E-state index contributed by atoms with van der Waals surface area (Å²) in [7, 11) is 0. The molecule has 0 aromatic carbocycles. The summed E-state index contributed by atoms with van der Waals surface area (Å²) in [4.78, 5) is 0. The molecule has 0 aliphatic heterocycles. The lowest BCUT2D eigenvalue weighted by atomic mass is 9.87. The second-order valence-electron chi connectivity index (χ2n) is 4.88. The van der Waals surface area contributed by atoms with E-state index in [1.54, 1.807) is 11.8 Å². The first kappa shape index (κ1) is 16.4. The van der Waals surface area contributed by atoms with Crippen molar-refractivity contribution >= 4 is 33.0 Å². The van der Waals surface area contributed by atoms with Crippen LogP contribution < -0.4 is 5.32 Å². The lowest BCUT2D eigenvalue weighted by Gasteiger charge is -2.31. The average Bonchev–Trinajstić information content (AvgIpc) is 2.31. The number of thioether (sulfide) groups is 1. The number of rotatable bonds is 5. The average molecular weight is 339 g/mol. The minimum absolute atomic E-state index is 0.0347. The van der Waals surface area contributed by atoms with Gasteiger partial charge in [0.1, 0.15) is 0 Å². The van der Waals surface area contributed by atoms with Gasteiger partial charge in [-0.1, -0.05) is 0 Å². The molecular weight excluding hydrogens is 316 g/mol. The zero-order valence-electron chi connectivity index (χ0n) is 11.2. The van der Waals surface area contributed by atoms with E-state index in [0.29, 0.717) is 12.0 Å². The van der Waals surface area contributed by atoms with Crippen LogP contribution in [0.4, 0.5) is 0 Å². The normalized spacial score (nSPS) is 27.6. The zero-order chi connectivity index (χ0) is 13.5. The Morgan fingerprint density at radius 1 is 1.39 bits per heavy atom. The summed E-state index contributed by atoms with van der Waals surface area (Å²) in [5.41, 5.74) is 0. The van der Waals surface area contributed by atoms with E-state index >= 15 is 0 Å². The molecular formula is C12H23BrN2O2S. The largest absolute Gasteiger partial charge is 0.356 e. The van der Waals surface area contributed by atoms with Crippen LogP contribution in [0.2, 0.25) is 0 Å². The number of halogens is 1.